The molecule has 2 aliphatic rings. The first-order valence-electron chi connectivity index (χ1n) is 12.4. The fourth-order valence-electron chi connectivity index (χ4n) is 4.63. The average Bonchev–Trinajstić information content (AvgIpc) is 3.62. The van der Waals surface area contributed by atoms with Crippen molar-refractivity contribution in [2.75, 3.05) is 33.0 Å². The molecule has 0 bridgehead atoms. The number of nitrogens with zero attached hydrogens (tertiary/aromatic N) is 4. The van der Waals surface area contributed by atoms with Gasteiger partial charge in [-0.25, -0.2) is 4.68 Å². The molecule has 0 unspecified atom stereocenters. The van der Waals surface area contributed by atoms with Crippen LogP contribution in [-0.4, -0.2) is 58.5 Å². The standard InChI is InChI=1S/C29H28N4O4/c34-29(32-16-14-31(15-17-32)19-22-6-11-27-28(18-22)37-21-36-27)26-12-13-33(30-26)20-35-25-9-7-24(8-10-25)23-4-2-1-3-5-23/h1-13,18H,14-17,19-21H2. The van der Waals surface area contributed by atoms with Crippen LogP contribution >= 0.6 is 0 Å². The molecule has 6 rings (SSSR count). The molecule has 0 N–H and O–H groups in total. The maximum Gasteiger partial charge on any atom is 0.274 e. The van der Waals surface area contributed by atoms with Gasteiger partial charge in [0.2, 0.25) is 6.79 Å². The smallest absolute Gasteiger partial charge is 0.274 e. The first-order valence-corrected chi connectivity index (χ1v) is 12.4. The predicted octanol–water partition coefficient (Wildman–Crippen LogP) is 4.27. The van der Waals surface area contributed by atoms with Crippen molar-refractivity contribution in [3.05, 3.63) is 96.3 Å². The largest absolute Gasteiger partial charge is 0.471 e. The van der Waals surface area contributed by atoms with Crippen molar-refractivity contribution in [3.8, 4) is 28.4 Å². The zero-order valence-electron chi connectivity index (χ0n) is 20.5. The average molecular weight is 497 g/mol. The number of piperazine rings is 1. The zero-order chi connectivity index (χ0) is 25.0. The van der Waals surface area contributed by atoms with Gasteiger partial charge < -0.3 is 19.1 Å². The molecule has 0 radical (unpaired) electrons. The molecule has 0 spiro atoms. The number of rotatable bonds is 7. The maximum absolute atomic E-state index is 13.0. The lowest BCUT2D eigenvalue weighted by Gasteiger charge is -2.34. The summed E-state index contributed by atoms with van der Waals surface area (Å²) >= 11 is 0. The fourth-order valence-corrected chi connectivity index (χ4v) is 4.63. The highest BCUT2D eigenvalue weighted by molar-refractivity contribution is 5.92. The second kappa shape index (κ2) is 10.4. The van der Waals surface area contributed by atoms with Gasteiger partial charge >= 0.3 is 0 Å². The van der Waals surface area contributed by atoms with Crippen LogP contribution in [-0.2, 0) is 13.3 Å². The van der Waals surface area contributed by atoms with Crippen molar-refractivity contribution in [2.24, 2.45) is 0 Å². The molecule has 0 saturated carbocycles. The molecular formula is C29H28N4O4. The van der Waals surface area contributed by atoms with Crippen LogP contribution in [0.25, 0.3) is 11.1 Å². The van der Waals surface area contributed by atoms with Crippen molar-refractivity contribution in [3.63, 3.8) is 0 Å². The monoisotopic (exact) mass is 496 g/mol. The summed E-state index contributed by atoms with van der Waals surface area (Å²) in [5.41, 5.74) is 3.92. The number of hydrogen-bond acceptors (Lipinski definition) is 6. The molecule has 1 fully saturated rings. The van der Waals surface area contributed by atoms with E-state index >= 15 is 0 Å². The first kappa shape index (κ1) is 23.1. The Labute approximate surface area is 215 Å². The number of carbonyl (C=O) groups excluding carboxylic acids is 1. The van der Waals surface area contributed by atoms with E-state index in [4.69, 9.17) is 14.2 Å². The van der Waals surface area contributed by atoms with Gasteiger partial charge in [-0.1, -0.05) is 48.5 Å². The van der Waals surface area contributed by atoms with Crippen molar-refractivity contribution in [1.29, 1.82) is 0 Å². The van der Waals surface area contributed by atoms with Crippen molar-refractivity contribution in [2.45, 2.75) is 13.3 Å². The molecule has 0 atom stereocenters. The minimum atomic E-state index is -0.0475. The van der Waals surface area contributed by atoms with Crippen LogP contribution in [0.4, 0.5) is 0 Å². The molecule has 188 valence electrons. The van der Waals surface area contributed by atoms with Gasteiger partial charge in [-0.3, -0.25) is 9.69 Å². The normalized spacial score (nSPS) is 15.1. The Morgan fingerprint density at radius 1 is 0.838 bits per heavy atom. The summed E-state index contributed by atoms with van der Waals surface area (Å²) in [5, 5.41) is 4.45. The number of benzene rings is 3. The Bertz CT molecular complexity index is 1360. The Balaban J connectivity index is 0.987. The topological polar surface area (TPSA) is 69.1 Å². The Kier molecular flexibility index (Phi) is 6.47. The third kappa shape index (κ3) is 5.29. The lowest BCUT2D eigenvalue weighted by atomic mass is 10.1. The van der Waals surface area contributed by atoms with Gasteiger partial charge in [0, 0.05) is 38.9 Å². The van der Waals surface area contributed by atoms with E-state index in [9.17, 15) is 4.79 Å². The van der Waals surface area contributed by atoms with E-state index in [0.717, 1.165) is 48.0 Å². The summed E-state index contributed by atoms with van der Waals surface area (Å²) in [6, 6.07) is 26.0. The molecule has 3 aromatic carbocycles. The van der Waals surface area contributed by atoms with E-state index in [-0.39, 0.29) is 19.4 Å². The van der Waals surface area contributed by atoms with Crippen LogP contribution in [0, 0.1) is 0 Å². The second-order valence-electron chi connectivity index (χ2n) is 9.16. The summed E-state index contributed by atoms with van der Waals surface area (Å²) in [6.07, 6.45) is 1.78. The molecule has 8 nitrogen and oxygen atoms in total. The van der Waals surface area contributed by atoms with E-state index in [1.807, 2.05) is 59.5 Å². The fraction of sp³-hybridized carbons (Fsp3) is 0.241. The summed E-state index contributed by atoms with van der Waals surface area (Å²) in [5.74, 6) is 2.30. The van der Waals surface area contributed by atoms with Crippen LogP contribution in [0.2, 0.25) is 0 Å². The predicted molar refractivity (Wildman–Crippen MR) is 138 cm³/mol. The number of carbonyl (C=O) groups is 1. The molecule has 8 heteroatoms. The number of ether oxygens (including phenoxy) is 3. The van der Waals surface area contributed by atoms with Crippen molar-refractivity contribution < 1.29 is 19.0 Å². The lowest BCUT2D eigenvalue weighted by molar-refractivity contribution is 0.0621. The molecule has 4 aromatic rings. The van der Waals surface area contributed by atoms with Crippen LogP contribution in [0.3, 0.4) is 0 Å². The van der Waals surface area contributed by atoms with Crippen LogP contribution < -0.4 is 14.2 Å². The number of aromatic nitrogens is 2. The lowest BCUT2D eigenvalue weighted by Crippen LogP contribution is -2.48. The zero-order valence-corrected chi connectivity index (χ0v) is 20.5. The number of fused-ring (bicyclic) bond motifs is 1. The van der Waals surface area contributed by atoms with Crippen molar-refractivity contribution >= 4 is 5.91 Å². The molecule has 3 heterocycles. The third-order valence-electron chi connectivity index (χ3n) is 6.69. The van der Waals surface area contributed by atoms with E-state index in [2.05, 4.69) is 28.2 Å². The maximum atomic E-state index is 13.0. The van der Waals surface area contributed by atoms with E-state index in [1.165, 1.54) is 5.56 Å². The Morgan fingerprint density at radius 3 is 2.41 bits per heavy atom. The van der Waals surface area contributed by atoms with Gasteiger partial charge in [0.05, 0.1) is 0 Å². The molecule has 2 aliphatic heterocycles. The Hall–Kier alpha value is -4.30. The van der Waals surface area contributed by atoms with Gasteiger partial charge in [0.15, 0.2) is 23.9 Å². The highest BCUT2D eigenvalue weighted by Crippen LogP contribution is 2.33. The van der Waals surface area contributed by atoms with Crippen molar-refractivity contribution in [1.82, 2.24) is 19.6 Å². The number of hydrogen-bond donors (Lipinski definition) is 0. The Morgan fingerprint density at radius 2 is 1.59 bits per heavy atom. The van der Waals surface area contributed by atoms with Gasteiger partial charge in [0.25, 0.3) is 5.91 Å². The molecule has 1 aromatic heterocycles. The second-order valence-corrected chi connectivity index (χ2v) is 9.16. The van der Waals surface area contributed by atoms with Gasteiger partial charge in [-0.05, 0) is 47.0 Å². The SMILES string of the molecule is O=C(c1ccn(COc2ccc(-c3ccccc3)cc2)n1)N1CCN(Cc2ccc3c(c2)OCO3)CC1. The highest BCUT2D eigenvalue weighted by atomic mass is 16.7. The van der Waals surface area contributed by atoms with Crippen LogP contribution in [0.15, 0.2) is 85.1 Å². The van der Waals surface area contributed by atoms with Crippen LogP contribution in [0.1, 0.15) is 16.1 Å². The minimum absolute atomic E-state index is 0.0475. The summed E-state index contributed by atoms with van der Waals surface area (Å²) < 4.78 is 18.4. The van der Waals surface area contributed by atoms with E-state index < -0.39 is 0 Å². The summed E-state index contributed by atoms with van der Waals surface area (Å²) in [6.45, 7) is 4.29. The minimum Gasteiger partial charge on any atom is -0.471 e. The van der Waals surface area contributed by atoms with Gasteiger partial charge in [-0.2, -0.15) is 5.10 Å². The number of amides is 1. The molecule has 1 saturated heterocycles. The van der Waals surface area contributed by atoms with Gasteiger partial charge in [-0.15, -0.1) is 0 Å². The van der Waals surface area contributed by atoms with Crippen LogP contribution in [0.5, 0.6) is 17.2 Å². The molecular weight excluding hydrogens is 468 g/mol. The highest BCUT2D eigenvalue weighted by Gasteiger charge is 2.24. The summed E-state index contributed by atoms with van der Waals surface area (Å²) in [4.78, 5) is 17.2. The third-order valence-corrected chi connectivity index (χ3v) is 6.69. The first-order chi connectivity index (χ1) is 18.2. The van der Waals surface area contributed by atoms with Gasteiger partial charge in [0.1, 0.15) is 5.75 Å². The molecule has 0 aliphatic carbocycles. The van der Waals surface area contributed by atoms with E-state index in [1.54, 1.807) is 16.9 Å². The molecule has 37 heavy (non-hydrogen) atoms. The summed E-state index contributed by atoms with van der Waals surface area (Å²) in [7, 11) is 0. The van der Waals surface area contributed by atoms with E-state index in [0.29, 0.717) is 18.8 Å². The quantitative estimate of drug-likeness (QED) is 0.381. The molecule has 1 amide bonds.